The van der Waals surface area contributed by atoms with Crippen molar-refractivity contribution in [2.45, 2.75) is 44.6 Å². The first-order valence-corrected chi connectivity index (χ1v) is 7.64. The van der Waals surface area contributed by atoms with Crippen LogP contribution in [0, 0.1) is 11.7 Å². The molecule has 1 amide bonds. The van der Waals surface area contributed by atoms with Gasteiger partial charge in [-0.05, 0) is 42.9 Å². The minimum atomic E-state index is -0.426. The lowest BCUT2D eigenvalue weighted by molar-refractivity contribution is -0.132. The molecule has 0 aliphatic heterocycles. The molecule has 1 aromatic rings. The predicted octanol–water partition coefficient (Wildman–Crippen LogP) is 3.11. The first kappa shape index (κ1) is 18.9. The van der Waals surface area contributed by atoms with Crippen LogP contribution in [0.3, 0.4) is 0 Å². The van der Waals surface area contributed by atoms with Crippen LogP contribution in [0.4, 0.5) is 4.39 Å². The number of halogens is 2. The molecule has 2 N–H and O–H groups in total. The van der Waals surface area contributed by atoms with E-state index in [1.54, 1.807) is 17.0 Å². The highest BCUT2D eigenvalue weighted by Gasteiger charge is 2.52. The molecule has 2 rings (SSSR count). The third-order valence-electron chi connectivity index (χ3n) is 4.56. The van der Waals surface area contributed by atoms with E-state index >= 15 is 0 Å². The van der Waals surface area contributed by atoms with Gasteiger partial charge in [0.15, 0.2) is 0 Å². The summed E-state index contributed by atoms with van der Waals surface area (Å²) in [5, 5.41) is 0. The van der Waals surface area contributed by atoms with Gasteiger partial charge in [-0.15, -0.1) is 12.4 Å². The van der Waals surface area contributed by atoms with Gasteiger partial charge in [-0.3, -0.25) is 4.79 Å². The Morgan fingerprint density at radius 2 is 1.86 bits per heavy atom. The van der Waals surface area contributed by atoms with E-state index in [0.717, 1.165) is 24.8 Å². The topological polar surface area (TPSA) is 46.3 Å². The maximum absolute atomic E-state index is 13.0. The van der Waals surface area contributed by atoms with Gasteiger partial charge in [0.1, 0.15) is 5.82 Å². The number of amides is 1. The summed E-state index contributed by atoms with van der Waals surface area (Å²) in [6.45, 7) is 4.85. The van der Waals surface area contributed by atoms with Crippen LogP contribution in [-0.2, 0) is 10.2 Å². The first-order valence-electron chi connectivity index (χ1n) is 7.64. The van der Waals surface area contributed by atoms with Crippen LogP contribution in [0.15, 0.2) is 24.3 Å². The lowest BCUT2D eigenvalue weighted by Gasteiger charge is -2.26. The minimum absolute atomic E-state index is 0. The highest BCUT2D eigenvalue weighted by atomic mass is 35.5. The molecule has 22 heavy (non-hydrogen) atoms. The molecule has 5 heteroatoms. The summed E-state index contributed by atoms with van der Waals surface area (Å²) in [7, 11) is 1.83. The Kier molecular flexibility index (Phi) is 6.38. The summed E-state index contributed by atoms with van der Waals surface area (Å²) < 4.78 is 13.0. The summed E-state index contributed by atoms with van der Waals surface area (Å²) in [5.41, 5.74) is 6.54. The molecule has 0 heterocycles. The van der Waals surface area contributed by atoms with Crippen LogP contribution < -0.4 is 5.73 Å². The lowest BCUT2D eigenvalue weighted by atomic mass is 9.94. The molecule has 1 atom stereocenters. The number of nitrogens with zero attached hydrogens (tertiary/aromatic N) is 1. The van der Waals surface area contributed by atoms with Gasteiger partial charge in [0.05, 0.1) is 5.41 Å². The van der Waals surface area contributed by atoms with Gasteiger partial charge in [0, 0.05) is 19.6 Å². The van der Waals surface area contributed by atoms with Crippen molar-refractivity contribution < 1.29 is 9.18 Å². The average molecular weight is 329 g/mol. The molecule has 3 nitrogen and oxygen atoms in total. The molecule has 1 unspecified atom stereocenters. The molecule has 0 aromatic heterocycles. The van der Waals surface area contributed by atoms with Crippen molar-refractivity contribution in [2.24, 2.45) is 11.7 Å². The SMILES string of the molecule is CC(C)C(N)CCN(C)C(=O)C1(c2ccc(F)cc2)CC1.Cl. The van der Waals surface area contributed by atoms with E-state index in [-0.39, 0.29) is 30.2 Å². The lowest BCUT2D eigenvalue weighted by Crippen LogP contribution is -2.39. The third kappa shape index (κ3) is 3.99. The summed E-state index contributed by atoms with van der Waals surface area (Å²) in [5.74, 6) is 0.281. The van der Waals surface area contributed by atoms with Crippen LogP contribution in [-0.4, -0.2) is 30.4 Å². The smallest absolute Gasteiger partial charge is 0.232 e. The van der Waals surface area contributed by atoms with Crippen molar-refractivity contribution in [3.05, 3.63) is 35.6 Å². The van der Waals surface area contributed by atoms with Gasteiger partial charge >= 0.3 is 0 Å². The maximum atomic E-state index is 13.0. The fourth-order valence-corrected chi connectivity index (χ4v) is 2.66. The highest BCUT2D eigenvalue weighted by molar-refractivity contribution is 5.91. The van der Waals surface area contributed by atoms with Crippen molar-refractivity contribution >= 4 is 18.3 Å². The zero-order valence-electron chi connectivity index (χ0n) is 13.5. The first-order chi connectivity index (χ1) is 9.86. The van der Waals surface area contributed by atoms with Gasteiger partial charge in [-0.2, -0.15) is 0 Å². The van der Waals surface area contributed by atoms with Gasteiger partial charge in [-0.1, -0.05) is 26.0 Å². The monoisotopic (exact) mass is 328 g/mol. The molecule has 1 fully saturated rings. The van der Waals surface area contributed by atoms with E-state index in [2.05, 4.69) is 13.8 Å². The van der Waals surface area contributed by atoms with E-state index in [1.807, 2.05) is 7.05 Å². The number of benzene rings is 1. The van der Waals surface area contributed by atoms with Gasteiger partial charge in [0.2, 0.25) is 5.91 Å². The van der Waals surface area contributed by atoms with Crippen molar-refractivity contribution in [1.29, 1.82) is 0 Å². The van der Waals surface area contributed by atoms with Crippen molar-refractivity contribution in [2.75, 3.05) is 13.6 Å². The number of carbonyl (C=O) groups is 1. The van der Waals surface area contributed by atoms with E-state index < -0.39 is 5.41 Å². The van der Waals surface area contributed by atoms with Crippen LogP contribution in [0.25, 0.3) is 0 Å². The quantitative estimate of drug-likeness (QED) is 0.872. The van der Waals surface area contributed by atoms with Crippen LogP contribution >= 0.6 is 12.4 Å². The molecule has 1 aliphatic rings. The van der Waals surface area contributed by atoms with Crippen LogP contribution in [0.2, 0.25) is 0 Å². The third-order valence-corrected chi connectivity index (χ3v) is 4.56. The Morgan fingerprint density at radius 1 is 1.32 bits per heavy atom. The minimum Gasteiger partial charge on any atom is -0.345 e. The van der Waals surface area contributed by atoms with E-state index in [9.17, 15) is 9.18 Å². The van der Waals surface area contributed by atoms with Crippen molar-refractivity contribution in [1.82, 2.24) is 4.90 Å². The second-order valence-electron chi connectivity index (χ2n) is 6.51. The Morgan fingerprint density at radius 3 is 2.32 bits per heavy atom. The standard InChI is InChI=1S/C17H25FN2O.ClH/c1-12(2)15(19)8-11-20(3)16(21)17(9-10-17)13-4-6-14(18)7-5-13;/h4-7,12,15H,8-11,19H2,1-3H3;1H. The fraction of sp³-hybridized carbons (Fsp3) is 0.588. The zero-order valence-corrected chi connectivity index (χ0v) is 14.3. The molecule has 0 spiro atoms. The highest BCUT2D eigenvalue weighted by Crippen LogP contribution is 2.49. The van der Waals surface area contributed by atoms with E-state index in [0.29, 0.717) is 12.5 Å². The summed E-state index contributed by atoms with van der Waals surface area (Å²) >= 11 is 0. The predicted molar refractivity (Wildman–Crippen MR) is 89.6 cm³/mol. The fourth-order valence-electron chi connectivity index (χ4n) is 2.66. The normalized spacial score (nSPS) is 16.8. The molecular formula is C17H26ClFN2O. The Labute approximate surface area is 138 Å². The number of likely N-dealkylation sites (N-methyl/N-ethyl adjacent to an activating group) is 1. The molecule has 0 radical (unpaired) electrons. The summed E-state index contributed by atoms with van der Waals surface area (Å²) in [6.07, 6.45) is 2.50. The average Bonchev–Trinajstić information content (AvgIpc) is 3.25. The molecular weight excluding hydrogens is 303 g/mol. The van der Waals surface area contributed by atoms with Crippen LogP contribution in [0.1, 0.15) is 38.7 Å². The Hall–Kier alpha value is -1.13. The molecule has 0 saturated heterocycles. The zero-order chi connectivity index (χ0) is 15.6. The van der Waals surface area contributed by atoms with Gasteiger partial charge < -0.3 is 10.6 Å². The molecule has 124 valence electrons. The largest absolute Gasteiger partial charge is 0.345 e. The van der Waals surface area contributed by atoms with Crippen LogP contribution in [0.5, 0.6) is 0 Å². The van der Waals surface area contributed by atoms with Crippen molar-refractivity contribution in [3.8, 4) is 0 Å². The van der Waals surface area contributed by atoms with Gasteiger partial charge in [0.25, 0.3) is 0 Å². The maximum Gasteiger partial charge on any atom is 0.232 e. The summed E-state index contributed by atoms with van der Waals surface area (Å²) in [4.78, 5) is 14.5. The second-order valence-corrected chi connectivity index (χ2v) is 6.51. The van der Waals surface area contributed by atoms with E-state index in [1.165, 1.54) is 12.1 Å². The number of hydrogen-bond acceptors (Lipinski definition) is 2. The van der Waals surface area contributed by atoms with Gasteiger partial charge in [-0.25, -0.2) is 4.39 Å². The number of rotatable bonds is 6. The Bertz CT molecular complexity index is 500. The molecule has 1 aromatic carbocycles. The molecule has 1 aliphatic carbocycles. The van der Waals surface area contributed by atoms with E-state index in [4.69, 9.17) is 5.73 Å². The molecule has 0 bridgehead atoms. The van der Waals surface area contributed by atoms with Crippen molar-refractivity contribution in [3.63, 3.8) is 0 Å². The number of hydrogen-bond donors (Lipinski definition) is 1. The molecule has 1 saturated carbocycles. The Balaban J connectivity index is 0.00000242. The second kappa shape index (κ2) is 7.42. The number of carbonyl (C=O) groups excluding carboxylic acids is 1. The number of nitrogens with two attached hydrogens (primary N) is 1. The summed E-state index contributed by atoms with van der Waals surface area (Å²) in [6, 6.07) is 6.43.